The molecule has 2 heterocycles. The van der Waals surface area contributed by atoms with Gasteiger partial charge in [-0.1, -0.05) is 42.5 Å². The van der Waals surface area contributed by atoms with E-state index in [4.69, 9.17) is 9.97 Å². The van der Waals surface area contributed by atoms with Gasteiger partial charge in [0.1, 0.15) is 11.6 Å². The second-order valence-corrected chi connectivity index (χ2v) is 6.99. The summed E-state index contributed by atoms with van der Waals surface area (Å²) in [5, 5.41) is 0. The molecule has 32 heavy (non-hydrogen) atoms. The van der Waals surface area contributed by atoms with Crippen LogP contribution in [0.5, 0.6) is 0 Å². The first-order chi connectivity index (χ1) is 15.4. The Hall–Kier alpha value is -3.55. The number of aromatic nitrogens is 2. The number of anilines is 3. The summed E-state index contributed by atoms with van der Waals surface area (Å²) in [6, 6.07) is 44.5. The van der Waals surface area contributed by atoms with E-state index in [1.54, 1.807) is 0 Å². The van der Waals surface area contributed by atoms with Crippen molar-refractivity contribution in [2.24, 2.45) is 0 Å². The summed E-state index contributed by atoms with van der Waals surface area (Å²) >= 11 is 0. The van der Waals surface area contributed by atoms with Crippen molar-refractivity contribution in [3.05, 3.63) is 127 Å². The second kappa shape index (κ2) is 10.2. The fraction of sp³-hybridized carbons (Fsp3) is 0. The normalized spacial score (nSPS) is 10.2. The minimum absolute atomic E-state index is 0. The average Bonchev–Trinajstić information content (AvgIpc) is 2.86. The van der Waals surface area contributed by atoms with Crippen LogP contribution in [0.2, 0.25) is 0 Å². The largest absolute Gasteiger partial charge is 2.00 e. The summed E-state index contributed by atoms with van der Waals surface area (Å²) < 4.78 is 0. The fourth-order valence-electron chi connectivity index (χ4n) is 3.46. The van der Waals surface area contributed by atoms with Crippen molar-refractivity contribution < 1.29 is 21.1 Å². The van der Waals surface area contributed by atoms with Crippen molar-refractivity contribution in [1.29, 1.82) is 0 Å². The maximum atomic E-state index is 4.95. The fourth-order valence-corrected chi connectivity index (χ4v) is 3.46. The van der Waals surface area contributed by atoms with Crippen LogP contribution in [0.4, 0.5) is 17.3 Å². The molecule has 0 spiro atoms. The van der Waals surface area contributed by atoms with Crippen molar-refractivity contribution in [1.82, 2.24) is 9.97 Å². The van der Waals surface area contributed by atoms with Crippen LogP contribution < -0.4 is 4.90 Å². The third-order valence-corrected chi connectivity index (χ3v) is 4.91. The summed E-state index contributed by atoms with van der Waals surface area (Å²) in [5.74, 6) is 1.59. The zero-order chi connectivity index (χ0) is 20.9. The van der Waals surface area contributed by atoms with Crippen LogP contribution in [0.3, 0.4) is 0 Å². The van der Waals surface area contributed by atoms with Crippen molar-refractivity contribution >= 4 is 17.3 Å². The Kier molecular flexibility index (Phi) is 6.89. The Morgan fingerprint density at radius 3 is 1.47 bits per heavy atom. The molecule has 0 unspecified atom stereocenters. The van der Waals surface area contributed by atoms with Gasteiger partial charge in [0.05, 0.1) is 0 Å². The molecule has 0 bridgehead atoms. The number of hydrogen-bond donors (Lipinski definition) is 0. The maximum Gasteiger partial charge on any atom is 2.00 e. The van der Waals surface area contributed by atoms with Gasteiger partial charge in [-0.2, -0.15) is 0 Å². The van der Waals surface area contributed by atoms with Crippen molar-refractivity contribution in [3.63, 3.8) is 0 Å². The quantitative estimate of drug-likeness (QED) is 0.209. The van der Waals surface area contributed by atoms with Gasteiger partial charge in [-0.05, 0) is 35.7 Å². The van der Waals surface area contributed by atoms with Crippen molar-refractivity contribution in [2.75, 3.05) is 4.90 Å². The predicted molar refractivity (Wildman–Crippen MR) is 125 cm³/mol. The molecule has 0 aliphatic carbocycles. The molecule has 0 radical (unpaired) electrons. The number of rotatable bonds is 5. The monoisotopic (exact) mass is 592 g/mol. The minimum Gasteiger partial charge on any atom is -0.280 e. The Morgan fingerprint density at radius 1 is 0.500 bits per heavy atom. The van der Waals surface area contributed by atoms with E-state index in [0.717, 1.165) is 39.8 Å². The van der Waals surface area contributed by atoms with Crippen LogP contribution in [0.25, 0.3) is 22.5 Å². The zero-order valence-electron chi connectivity index (χ0n) is 17.1. The van der Waals surface area contributed by atoms with Crippen LogP contribution >= 0.6 is 0 Å². The van der Waals surface area contributed by atoms with Gasteiger partial charge in [0.15, 0.2) is 0 Å². The summed E-state index contributed by atoms with van der Waals surface area (Å²) in [4.78, 5) is 12.0. The van der Waals surface area contributed by atoms with Crippen molar-refractivity contribution in [2.45, 2.75) is 0 Å². The number of hydrogen-bond acceptors (Lipinski definition) is 3. The smallest absolute Gasteiger partial charge is 0.280 e. The summed E-state index contributed by atoms with van der Waals surface area (Å²) in [6.07, 6.45) is 0. The van der Waals surface area contributed by atoms with E-state index in [1.165, 1.54) is 0 Å². The SMILES string of the molecule is [Pt+2].[c-]1ccccc1-c1cccc(N(c2ccccc2)c2cccc(-c3[c-]cccc3)n2)n1. The van der Waals surface area contributed by atoms with E-state index < -0.39 is 0 Å². The van der Waals surface area contributed by atoms with Gasteiger partial charge in [0.25, 0.3) is 0 Å². The summed E-state index contributed by atoms with van der Waals surface area (Å²) in [6.45, 7) is 0. The molecule has 156 valence electrons. The van der Waals surface area contributed by atoms with Gasteiger partial charge >= 0.3 is 21.1 Å². The van der Waals surface area contributed by atoms with Crippen LogP contribution in [0.15, 0.2) is 115 Å². The number of nitrogens with zero attached hydrogens (tertiary/aromatic N) is 3. The van der Waals surface area contributed by atoms with Gasteiger partial charge in [-0.15, -0.1) is 71.8 Å². The molecule has 3 nitrogen and oxygen atoms in total. The van der Waals surface area contributed by atoms with Crippen LogP contribution in [0.1, 0.15) is 0 Å². The molecule has 3 aromatic carbocycles. The van der Waals surface area contributed by atoms with E-state index in [9.17, 15) is 0 Å². The number of para-hydroxylation sites is 1. The third kappa shape index (κ3) is 4.69. The molecular formula is C28H19N3Pt. The zero-order valence-corrected chi connectivity index (χ0v) is 19.4. The van der Waals surface area contributed by atoms with E-state index >= 15 is 0 Å². The molecule has 5 aromatic rings. The molecule has 0 amide bonds. The van der Waals surface area contributed by atoms with Crippen LogP contribution in [-0.4, -0.2) is 9.97 Å². The number of pyridine rings is 2. The molecular weight excluding hydrogens is 573 g/mol. The molecule has 5 rings (SSSR count). The molecule has 0 atom stereocenters. The third-order valence-electron chi connectivity index (χ3n) is 4.91. The maximum absolute atomic E-state index is 4.95. The molecule has 0 saturated carbocycles. The van der Waals surface area contributed by atoms with Gasteiger partial charge in [0, 0.05) is 5.69 Å². The van der Waals surface area contributed by atoms with E-state index in [2.05, 4.69) is 29.2 Å². The molecule has 0 N–H and O–H groups in total. The van der Waals surface area contributed by atoms with Gasteiger partial charge in [-0.25, -0.2) is 0 Å². The minimum atomic E-state index is 0. The average molecular weight is 593 g/mol. The first-order valence-corrected chi connectivity index (χ1v) is 10.1. The topological polar surface area (TPSA) is 29.0 Å². The number of benzene rings is 3. The van der Waals surface area contributed by atoms with Gasteiger partial charge in [0.2, 0.25) is 0 Å². The Bertz CT molecular complexity index is 1190. The van der Waals surface area contributed by atoms with E-state index in [-0.39, 0.29) is 21.1 Å². The van der Waals surface area contributed by atoms with Gasteiger partial charge in [-0.3, -0.25) is 14.9 Å². The van der Waals surface area contributed by atoms with Crippen LogP contribution in [0, 0.1) is 12.1 Å². The summed E-state index contributed by atoms with van der Waals surface area (Å²) in [7, 11) is 0. The molecule has 0 saturated heterocycles. The van der Waals surface area contributed by atoms with Crippen LogP contribution in [-0.2, 0) is 21.1 Å². The first kappa shape index (κ1) is 21.7. The molecule has 0 aliphatic rings. The van der Waals surface area contributed by atoms with E-state index in [1.807, 2.05) is 103 Å². The van der Waals surface area contributed by atoms with Gasteiger partial charge < -0.3 is 0 Å². The molecule has 2 aromatic heterocycles. The first-order valence-electron chi connectivity index (χ1n) is 10.1. The standard InChI is InChI=1S/C28H19N3.Pt/c1-4-12-22(13-5-1)25-18-10-20-27(29-25)31(24-16-8-3-9-17-24)28-21-11-19-26(30-28)23-14-6-2-7-15-23;/h1-12,14,16-21H;/q-2;+2. The Labute approximate surface area is 202 Å². The molecule has 0 aliphatic heterocycles. The Balaban J connectivity index is 0.00000245. The van der Waals surface area contributed by atoms with Crippen molar-refractivity contribution in [3.8, 4) is 22.5 Å². The molecule has 4 heteroatoms. The summed E-state index contributed by atoms with van der Waals surface area (Å²) in [5.41, 5.74) is 4.64. The van der Waals surface area contributed by atoms with E-state index in [0.29, 0.717) is 0 Å². The second-order valence-electron chi connectivity index (χ2n) is 6.99. The predicted octanol–water partition coefficient (Wildman–Crippen LogP) is 6.88. The Morgan fingerprint density at radius 2 is 1.00 bits per heavy atom. The molecule has 0 fully saturated rings.